The maximum Gasteiger partial charge on any atom is 0.136 e. The van der Waals surface area contributed by atoms with Gasteiger partial charge in [-0.25, -0.2) is 4.98 Å². The van der Waals surface area contributed by atoms with Gasteiger partial charge < -0.3 is 10.3 Å². The second-order valence-corrected chi connectivity index (χ2v) is 4.67. The van der Waals surface area contributed by atoms with Crippen molar-refractivity contribution in [3.63, 3.8) is 0 Å². The van der Waals surface area contributed by atoms with Crippen LogP contribution in [0.15, 0.2) is 24.3 Å². The third kappa shape index (κ3) is 2.42. The number of rotatable bonds is 4. The quantitative estimate of drug-likeness (QED) is 0.922. The highest BCUT2D eigenvalue weighted by Crippen LogP contribution is 2.28. The van der Waals surface area contributed by atoms with E-state index < -0.39 is 0 Å². The number of aromatic nitrogens is 2. The van der Waals surface area contributed by atoms with Crippen molar-refractivity contribution in [2.75, 3.05) is 6.54 Å². The van der Waals surface area contributed by atoms with Gasteiger partial charge in [-0.1, -0.05) is 42.8 Å². The second kappa shape index (κ2) is 5.55. The molecular weight excluding hydrogens is 246 g/mol. The van der Waals surface area contributed by atoms with Crippen molar-refractivity contribution >= 4 is 11.6 Å². The third-order valence-electron chi connectivity index (χ3n) is 3.12. The summed E-state index contributed by atoms with van der Waals surface area (Å²) in [7, 11) is 1.92. The number of halogens is 1. The van der Waals surface area contributed by atoms with Crippen LogP contribution >= 0.6 is 11.6 Å². The number of hydrogen-bond donors (Lipinski definition) is 1. The Labute approximate surface area is 113 Å². The molecule has 1 heterocycles. The van der Waals surface area contributed by atoms with Crippen LogP contribution in [0.1, 0.15) is 18.3 Å². The van der Waals surface area contributed by atoms with Crippen LogP contribution in [0.5, 0.6) is 0 Å². The lowest BCUT2D eigenvalue weighted by Gasteiger charge is -2.01. The summed E-state index contributed by atoms with van der Waals surface area (Å²) in [6.07, 6.45) is 1.78. The van der Waals surface area contributed by atoms with E-state index in [1.807, 2.05) is 11.6 Å². The maximum absolute atomic E-state index is 6.32. The van der Waals surface area contributed by atoms with E-state index in [0.29, 0.717) is 11.7 Å². The van der Waals surface area contributed by atoms with E-state index in [-0.39, 0.29) is 0 Å². The van der Waals surface area contributed by atoms with Crippen molar-refractivity contribution < 1.29 is 0 Å². The Morgan fingerprint density at radius 2 is 1.94 bits per heavy atom. The fraction of sp³-hybridized carbons (Fsp3) is 0.357. The van der Waals surface area contributed by atoms with E-state index in [1.54, 1.807) is 0 Å². The van der Waals surface area contributed by atoms with Gasteiger partial charge in [0.1, 0.15) is 16.7 Å². The fourth-order valence-corrected chi connectivity index (χ4v) is 2.21. The highest BCUT2D eigenvalue weighted by Gasteiger charge is 2.13. The summed E-state index contributed by atoms with van der Waals surface area (Å²) >= 11 is 6.32. The Morgan fingerprint density at radius 3 is 2.50 bits per heavy atom. The van der Waals surface area contributed by atoms with Crippen molar-refractivity contribution in [3.8, 4) is 11.3 Å². The van der Waals surface area contributed by atoms with E-state index in [9.17, 15) is 0 Å². The Balaban J connectivity index is 2.40. The van der Waals surface area contributed by atoms with Gasteiger partial charge in [-0.3, -0.25) is 0 Å². The summed E-state index contributed by atoms with van der Waals surface area (Å²) in [6, 6.07) is 8.37. The lowest BCUT2D eigenvalue weighted by Crippen LogP contribution is -2.07. The normalized spacial score (nSPS) is 10.9. The number of imidazole rings is 1. The van der Waals surface area contributed by atoms with Crippen LogP contribution in [0, 0.1) is 0 Å². The molecule has 4 heteroatoms. The second-order valence-electron chi connectivity index (χ2n) is 4.32. The van der Waals surface area contributed by atoms with E-state index in [2.05, 4.69) is 36.2 Å². The van der Waals surface area contributed by atoms with Crippen molar-refractivity contribution in [1.29, 1.82) is 0 Å². The molecule has 0 atom stereocenters. The van der Waals surface area contributed by atoms with E-state index in [1.165, 1.54) is 5.56 Å². The van der Waals surface area contributed by atoms with Crippen LogP contribution in [0.2, 0.25) is 5.15 Å². The Hall–Kier alpha value is -1.32. The lowest BCUT2D eigenvalue weighted by atomic mass is 10.1. The summed E-state index contributed by atoms with van der Waals surface area (Å²) in [5, 5.41) is 0.669. The van der Waals surface area contributed by atoms with Crippen molar-refractivity contribution in [2.45, 2.75) is 19.8 Å². The topological polar surface area (TPSA) is 43.8 Å². The van der Waals surface area contributed by atoms with Crippen molar-refractivity contribution in [2.24, 2.45) is 12.8 Å². The SMILES string of the molecule is CCc1ccc(-c2nc(CCN)n(C)c2Cl)cc1. The average molecular weight is 264 g/mol. The number of nitrogens with two attached hydrogens (primary N) is 1. The summed E-state index contributed by atoms with van der Waals surface area (Å²) < 4.78 is 1.90. The van der Waals surface area contributed by atoms with E-state index >= 15 is 0 Å². The molecule has 0 saturated heterocycles. The maximum atomic E-state index is 6.32. The summed E-state index contributed by atoms with van der Waals surface area (Å²) in [5.74, 6) is 0.928. The molecule has 1 aromatic heterocycles. The predicted molar refractivity (Wildman–Crippen MR) is 75.8 cm³/mol. The van der Waals surface area contributed by atoms with Crippen LogP contribution < -0.4 is 5.73 Å². The molecule has 18 heavy (non-hydrogen) atoms. The van der Waals surface area contributed by atoms with Gasteiger partial charge >= 0.3 is 0 Å². The van der Waals surface area contributed by atoms with Gasteiger partial charge in [0.25, 0.3) is 0 Å². The van der Waals surface area contributed by atoms with Gasteiger partial charge in [0.15, 0.2) is 0 Å². The summed E-state index contributed by atoms with van der Waals surface area (Å²) in [6.45, 7) is 2.72. The Morgan fingerprint density at radius 1 is 1.28 bits per heavy atom. The molecule has 0 fully saturated rings. The molecule has 3 nitrogen and oxygen atoms in total. The molecule has 0 aliphatic carbocycles. The van der Waals surface area contributed by atoms with Gasteiger partial charge in [-0.2, -0.15) is 0 Å². The molecule has 2 rings (SSSR count). The zero-order valence-electron chi connectivity index (χ0n) is 10.8. The van der Waals surface area contributed by atoms with Crippen molar-refractivity contribution in [3.05, 3.63) is 40.8 Å². The van der Waals surface area contributed by atoms with Gasteiger partial charge in [0, 0.05) is 19.0 Å². The van der Waals surface area contributed by atoms with E-state index in [0.717, 1.165) is 29.9 Å². The molecule has 2 aromatic rings. The summed E-state index contributed by atoms with van der Waals surface area (Å²) in [5.41, 5.74) is 8.77. The first-order chi connectivity index (χ1) is 8.67. The van der Waals surface area contributed by atoms with E-state index in [4.69, 9.17) is 17.3 Å². The molecule has 0 amide bonds. The minimum atomic E-state index is 0.579. The largest absolute Gasteiger partial charge is 0.330 e. The first kappa shape index (κ1) is 13.1. The van der Waals surface area contributed by atoms with Crippen molar-refractivity contribution in [1.82, 2.24) is 9.55 Å². The number of hydrogen-bond acceptors (Lipinski definition) is 2. The average Bonchev–Trinajstić information content (AvgIpc) is 2.68. The number of nitrogens with zero attached hydrogens (tertiary/aromatic N) is 2. The van der Waals surface area contributed by atoms with Crippen LogP contribution in [-0.2, 0) is 19.9 Å². The Bertz CT molecular complexity index is 529. The molecular formula is C14H18ClN3. The van der Waals surface area contributed by atoms with Crippen LogP contribution in [0.3, 0.4) is 0 Å². The first-order valence-electron chi connectivity index (χ1n) is 6.17. The minimum absolute atomic E-state index is 0.579. The van der Waals surface area contributed by atoms with Crippen LogP contribution in [0.4, 0.5) is 0 Å². The van der Waals surface area contributed by atoms with Gasteiger partial charge in [-0.15, -0.1) is 0 Å². The van der Waals surface area contributed by atoms with Gasteiger partial charge in [0.05, 0.1) is 0 Å². The smallest absolute Gasteiger partial charge is 0.136 e. The van der Waals surface area contributed by atoms with Crippen LogP contribution in [-0.4, -0.2) is 16.1 Å². The fourth-order valence-electron chi connectivity index (χ4n) is 1.96. The molecule has 0 bridgehead atoms. The molecule has 96 valence electrons. The highest BCUT2D eigenvalue weighted by atomic mass is 35.5. The molecule has 0 aliphatic heterocycles. The number of aryl methyl sites for hydroxylation is 1. The van der Waals surface area contributed by atoms with Gasteiger partial charge in [-0.05, 0) is 18.5 Å². The monoisotopic (exact) mass is 263 g/mol. The summed E-state index contributed by atoms with van der Waals surface area (Å²) in [4.78, 5) is 4.58. The molecule has 0 aliphatic rings. The number of benzene rings is 1. The predicted octanol–water partition coefficient (Wildman–Crippen LogP) is 2.80. The molecule has 0 saturated carbocycles. The molecule has 1 aromatic carbocycles. The zero-order chi connectivity index (χ0) is 13.1. The first-order valence-corrected chi connectivity index (χ1v) is 6.55. The van der Waals surface area contributed by atoms with Crippen LogP contribution in [0.25, 0.3) is 11.3 Å². The van der Waals surface area contributed by atoms with Gasteiger partial charge in [0.2, 0.25) is 0 Å². The lowest BCUT2D eigenvalue weighted by molar-refractivity contribution is 0.778. The highest BCUT2D eigenvalue weighted by molar-refractivity contribution is 6.32. The molecule has 0 spiro atoms. The molecule has 2 N–H and O–H groups in total. The third-order valence-corrected chi connectivity index (χ3v) is 3.55. The minimum Gasteiger partial charge on any atom is -0.330 e. The Kier molecular flexibility index (Phi) is 4.04. The molecule has 0 unspecified atom stereocenters. The zero-order valence-corrected chi connectivity index (χ0v) is 11.5. The molecule has 0 radical (unpaired) electrons. The standard InChI is InChI=1S/C14H18ClN3/c1-3-10-4-6-11(7-5-10)13-14(15)18(2)12(17-13)8-9-16/h4-7H,3,8-9,16H2,1-2H3.